The molecule has 1 saturated carbocycles. The normalized spacial score (nSPS) is 23.7. The van der Waals surface area contributed by atoms with E-state index in [1.807, 2.05) is 27.7 Å². The van der Waals surface area contributed by atoms with E-state index in [-0.39, 0.29) is 39.8 Å². The number of rotatable bonds is 5. The maximum absolute atomic E-state index is 13.9. The van der Waals surface area contributed by atoms with Crippen molar-refractivity contribution >= 4 is 34.8 Å². The molecule has 2 atom stereocenters. The standard InChI is InChI=1S/C27H38N2O5S/c1-17-7-9-20(10-8-17)25(31)29(19(3)24(30)28-13-14-34-16-18(28)2)22-15-21(11-12-27(4,5)6)35-23(22)26(32)33/h15,17-20H,7-10,13-14,16H2,1-6H3,(H,32,33)/t17-,18?,19-,20-/m0/s1. The fourth-order valence-corrected chi connectivity index (χ4v) is 5.49. The molecule has 2 amide bonds. The van der Waals surface area contributed by atoms with Gasteiger partial charge >= 0.3 is 5.97 Å². The van der Waals surface area contributed by atoms with Crippen LogP contribution in [0.15, 0.2) is 6.07 Å². The van der Waals surface area contributed by atoms with Crippen molar-refractivity contribution in [1.82, 2.24) is 4.90 Å². The fourth-order valence-electron chi connectivity index (χ4n) is 4.65. The summed E-state index contributed by atoms with van der Waals surface area (Å²) in [5.41, 5.74) is 0.0171. The molecule has 1 aliphatic carbocycles. The van der Waals surface area contributed by atoms with Gasteiger partial charge in [-0.15, -0.1) is 11.3 Å². The SMILES string of the molecule is CC1COCCN1C(=O)[C@H](C)N(c1cc(C#CC(C)(C)C)sc1C(=O)O)C(=O)[C@H]1CC[C@H](C)CC1. The first-order valence-corrected chi connectivity index (χ1v) is 13.3. The quantitative estimate of drug-likeness (QED) is 0.593. The van der Waals surface area contributed by atoms with Crippen LogP contribution in [0.2, 0.25) is 0 Å². The van der Waals surface area contributed by atoms with Crippen LogP contribution in [-0.4, -0.2) is 59.6 Å². The summed E-state index contributed by atoms with van der Waals surface area (Å²) in [7, 11) is 0. The molecule has 2 fully saturated rings. The van der Waals surface area contributed by atoms with E-state index in [1.165, 1.54) is 4.90 Å². The van der Waals surface area contributed by atoms with E-state index < -0.39 is 12.0 Å². The first kappa shape index (κ1) is 27.2. The Labute approximate surface area is 212 Å². The zero-order chi connectivity index (χ0) is 25.9. The van der Waals surface area contributed by atoms with Crippen molar-refractivity contribution in [3.05, 3.63) is 15.8 Å². The van der Waals surface area contributed by atoms with E-state index >= 15 is 0 Å². The van der Waals surface area contributed by atoms with Gasteiger partial charge in [0.25, 0.3) is 0 Å². The summed E-state index contributed by atoms with van der Waals surface area (Å²) in [6.45, 7) is 13.1. The number of carboxylic acid groups (broad SMARTS) is 1. The Kier molecular flexibility index (Phi) is 8.66. The molecule has 1 aliphatic heterocycles. The molecule has 0 radical (unpaired) electrons. The molecule has 0 aromatic carbocycles. The Morgan fingerprint density at radius 1 is 1.20 bits per heavy atom. The summed E-state index contributed by atoms with van der Waals surface area (Å²) in [6, 6.07) is 0.724. The van der Waals surface area contributed by atoms with Crippen LogP contribution in [0.1, 0.15) is 81.8 Å². The number of thiophene rings is 1. The molecule has 35 heavy (non-hydrogen) atoms. The van der Waals surface area contributed by atoms with Gasteiger partial charge in [0.1, 0.15) is 10.9 Å². The highest BCUT2D eigenvalue weighted by atomic mass is 32.1. The van der Waals surface area contributed by atoms with Crippen molar-refractivity contribution in [2.45, 2.75) is 79.3 Å². The van der Waals surface area contributed by atoms with Gasteiger partial charge in [-0.05, 0) is 72.3 Å². The predicted octanol–water partition coefficient (Wildman–Crippen LogP) is 4.64. The third-order valence-electron chi connectivity index (χ3n) is 6.72. The highest BCUT2D eigenvalue weighted by Crippen LogP contribution is 2.36. The number of carbonyl (C=O) groups excluding carboxylic acids is 2. The third-order valence-corrected chi connectivity index (χ3v) is 7.75. The van der Waals surface area contributed by atoms with Gasteiger partial charge in [0.15, 0.2) is 0 Å². The topological polar surface area (TPSA) is 87.2 Å². The molecule has 0 bridgehead atoms. The zero-order valence-electron chi connectivity index (χ0n) is 21.7. The maximum atomic E-state index is 13.9. The molecule has 1 aromatic heterocycles. The minimum Gasteiger partial charge on any atom is -0.477 e. The summed E-state index contributed by atoms with van der Waals surface area (Å²) in [6.07, 6.45) is 3.39. The molecule has 192 valence electrons. The van der Waals surface area contributed by atoms with E-state index in [2.05, 4.69) is 18.8 Å². The van der Waals surface area contributed by atoms with Gasteiger partial charge in [0.05, 0.1) is 29.8 Å². The van der Waals surface area contributed by atoms with Crippen LogP contribution >= 0.6 is 11.3 Å². The number of anilines is 1. The monoisotopic (exact) mass is 502 g/mol. The molecule has 1 aromatic rings. The molecular formula is C27H38N2O5S. The second-order valence-electron chi connectivity index (χ2n) is 10.9. The van der Waals surface area contributed by atoms with Crippen LogP contribution < -0.4 is 4.90 Å². The Morgan fingerprint density at radius 3 is 2.43 bits per heavy atom. The van der Waals surface area contributed by atoms with Crippen molar-refractivity contribution in [1.29, 1.82) is 0 Å². The molecule has 8 heteroatoms. The maximum Gasteiger partial charge on any atom is 0.348 e. The minimum absolute atomic E-state index is 0.0374. The number of amides is 2. The van der Waals surface area contributed by atoms with Gasteiger partial charge in [0, 0.05) is 17.9 Å². The number of carbonyl (C=O) groups is 3. The van der Waals surface area contributed by atoms with Crippen LogP contribution in [0, 0.1) is 29.1 Å². The summed E-state index contributed by atoms with van der Waals surface area (Å²) in [5, 5.41) is 10.0. The highest BCUT2D eigenvalue weighted by Gasteiger charge is 2.39. The Morgan fingerprint density at radius 2 is 1.86 bits per heavy atom. The minimum atomic E-state index is -1.12. The number of nitrogens with zero attached hydrogens (tertiary/aromatic N) is 2. The Balaban J connectivity index is 2.04. The van der Waals surface area contributed by atoms with Gasteiger partial charge in [-0.1, -0.05) is 18.8 Å². The zero-order valence-corrected chi connectivity index (χ0v) is 22.5. The average Bonchev–Trinajstić information content (AvgIpc) is 3.22. The Bertz CT molecular complexity index is 1010. The van der Waals surface area contributed by atoms with Crippen LogP contribution in [-0.2, 0) is 14.3 Å². The van der Waals surface area contributed by atoms with E-state index in [9.17, 15) is 19.5 Å². The lowest BCUT2D eigenvalue weighted by atomic mass is 9.82. The largest absolute Gasteiger partial charge is 0.477 e. The fraction of sp³-hybridized carbons (Fsp3) is 0.667. The van der Waals surface area contributed by atoms with E-state index in [0.29, 0.717) is 30.6 Å². The first-order chi connectivity index (χ1) is 16.4. The van der Waals surface area contributed by atoms with Gasteiger partial charge < -0.3 is 14.7 Å². The van der Waals surface area contributed by atoms with Crippen molar-refractivity contribution in [3.8, 4) is 11.8 Å². The number of hydrogen-bond acceptors (Lipinski definition) is 5. The van der Waals surface area contributed by atoms with E-state index in [4.69, 9.17) is 4.74 Å². The van der Waals surface area contributed by atoms with Crippen molar-refractivity contribution in [2.75, 3.05) is 24.7 Å². The molecule has 3 rings (SSSR count). The summed E-state index contributed by atoms with van der Waals surface area (Å²) < 4.78 is 5.48. The van der Waals surface area contributed by atoms with Gasteiger partial charge in [-0.3, -0.25) is 14.5 Å². The molecule has 0 spiro atoms. The molecule has 1 N–H and O–H groups in total. The third kappa shape index (κ3) is 6.65. The van der Waals surface area contributed by atoms with Gasteiger partial charge in [0.2, 0.25) is 11.8 Å². The number of ether oxygens (including phenoxy) is 1. The van der Waals surface area contributed by atoms with Crippen LogP contribution in [0.5, 0.6) is 0 Å². The second kappa shape index (κ2) is 11.1. The smallest absolute Gasteiger partial charge is 0.348 e. The highest BCUT2D eigenvalue weighted by molar-refractivity contribution is 7.15. The molecule has 1 saturated heterocycles. The molecular weight excluding hydrogens is 464 g/mol. The van der Waals surface area contributed by atoms with E-state index in [0.717, 1.165) is 37.0 Å². The first-order valence-electron chi connectivity index (χ1n) is 12.5. The van der Waals surface area contributed by atoms with Crippen molar-refractivity contribution < 1.29 is 24.2 Å². The lowest BCUT2D eigenvalue weighted by molar-refractivity contribution is -0.142. The van der Waals surface area contributed by atoms with E-state index in [1.54, 1.807) is 17.9 Å². The molecule has 1 unspecified atom stereocenters. The number of hydrogen-bond donors (Lipinski definition) is 1. The van der Waals surface area contributed by atoms with Crippen molar-refractivity contribution in [2.24, 2.45) is 17.3 Å². The number of carboxylic acids is 1. The second-order valence-corrected chi connectivity index (χ2v) is 12.0. The van der Waals surface area contributed by atoms with Crippen LogP contribution in [0.4, 0.5) is 5.69 Å². The molecule has 2 heterocycles. The van der Waals surface area contributed by atoms with Crippen molar-refractivity contribution in [3.63, 3.8) is 0 Å². The number of aromatic carboxylic acids is 1. The number of morpholine rings is 1. The molecule has 7 nitrogen and oxygen atoms in total. The van der Waals surface area contributed by atoms with Crippen LogP contribution in [0.3, 0.4) is 0 Å². The predicted molar refractivity (Wildman–Crippen MR) is 138 cm³/mol. The summed E-state index contributed by atoms with van der Waals surface area (Å²) in [4.78, 5) is 43.6. The lowest BCUT2D eigenvalue weighted by Crippen LogP contribution is -2.56. The average molecular weight is 503 g/mol. The molecule has 2 aliphatic rings. The summed E-state index contributed by atoms with van der Waals surface area (Å²) >= 11 is 1.05. The summed E-state index contributed by atoms with van der Waals surface area (Å²) in [5.74, 6) is 5.06. The van der Waals surface area contributed by atoms with Gasteiger partial charge in [-0.25, -0.2) is 4.79 Å². The van der Waals surface area contributed by atoms with Gasteiger partial charge in [-0.2, -0.15) is 0 Å². The van der Waals surface area contributed by atoms with Crippen LogP contribution in [0.25, 0.3) is 0 Å². The lowest BCUT2D eigenvalue weighted by Gasteiger charge is -2.39. The Hall–Kier alpha value is -2.37.